The molecule has 0 aliphatic rings. The zero-order chi connectivity index (χ0) is 24.6. The number of amides is 3. The van der Waals surface area contributed by atoms with Gasteiger partial charge in [0, 0.05) is 24.0 Å². The van der Waals surface area contributed by atoms with E-state index in [4.69, 9.17) is 9.88 Å². The third-order valence-electron chi connectivity index (χ3n) is 4.72. The molecule has 34 heavy (non-hydrogen) atoms. The largest absolute Gasteiger partial charge is 0.497 e. The molecule has 2 aromatic carbocycles. The highest BCUT2D eigenvalue weighted by Crippen LogP contribution is 2.18. The highest BCUT2D eigenvalue weighted by Gasteiger charge is 2.10. The molecule has 3 aromatic rings. The first-order chi connectivity index (χ1) is 16.2. The highest BCUT2D eigenvalue weighted by molar-refractivity contribution is 7.89. The summed E-state index contributed by atoms with van der Waals surface area (Å²) in [5.74, 6) is 0.569. The van der Waals surface area contributed by atoms with Crippen molar-refractivity contribution in [2.24, 2.45) is 5.14 Å². The molecule has 3 amide bonds. The van der Waals surface area contributed by atoms with Crippen LogP contribution in [0, 0.1) is 0 Å². The van der Waals surface area contributed by atoms with E-state index in [1.165, 1.54) is 23.5 Å². The monoisotopic (exact) mass is 503 g/mol. The summed E-state index contributed by atoms with van der Waals surface area (Å²) in [6, 6.07) is 12.7. The Labute approximate surface area is 201 Å². The van der Waals surface area contributed by atoms with Crippen molar-refractivity contribution in [2.45, 2.75) is 24.2 Å². The third-order valence-corrected chi connectivity index (χ3v) is 6.45. The topological polar surface area (TPSA) is 153 Å². The van der Waals surface area contributed by atoms with E-state index in [1.54, 1.807) is 48.9 Å². The number of carbonyl (C=O) groups is 2. The van der Waals surface area contributed by atoms with Crippen LogP contribution in [0.4, 0.5) is 15.6 Å². The maximum Gasteiger partial charge on any atom is 0.325 e. The zero-order valence-corrected chi connectivity index (χ0v) is 20.0. The molecule has 0 atom stereocenters. The molecule has 180 valence electrons. The molecule has 0 saturated heterocycles. The number of thiazole rings is 1. The SMILES string of the molecule is COc1ccc(NC(=O)Nc2nc(CCC(=O)NCCc3ccc(S(N)(=O)=O)cc3)cs2)cc1. The fraction of sp³-hybridized carbons (Fsp3) is 0.227. The van der Waals surface area contributed by atoms with E-state index in [0.717, 1.165) is 5.56 Å². The number of aryl methyl sites for hydroxylation is 1. The maximum atomic E-state index is 12.1. The molecule has 0 fully saturated rings. The predicted molar refractivity (Wildman–Crippen MR) is 131 cm³/mol. The van der Waals surface area contributed by atoms with Crippen molar-refractivity contribution in [3.05, 3.63) is 65.2 Å². The van der Waals surface area contributed by atoms with E-state index < -0.39 is 16.1 Å². The first-order valence-electron chi connectivity index (χ1n) is 10.3. The molecule has 0 unspecified atom stereocenters. The number of aromatic nitrogens is 1. The minimum atomic E-state index is -3.71. The van der Waals surface area contributed by atoms with Crippen LogP contribution in [0.25, 0.3) is 0 Å². The van der Waals surface area contributed by atoms with Gasteiger partial charge in [-0.25, -0.2) is 23.3 Å². The zero-order valence-electron chi connectivity index (χ0n) is 18.4. The lowest BCUT2D eigenvalue weighted by Gasteiger charge is -2.06. The van der Waals surface area contributed by atoms with Crippen molar-refractivity contribution in [1.82, 2.24) is 10.3 Å². The minimum Gasteiger partial charge on any atom is -0.497 e. The summed E-state index contributed by atoms with van der Waals surface area (Å²) in [4.78, 5) is 28.6. The molecule has 0 saturated carbocycles. The van der Waals surface area contributed by atoms with Crippen molar-refractivity contribution < 1.29 is 22.7 Å². The Morgan fingerprint density at radius 2 is 1.74 bits per heavy atom. The number of nitrogens with two attached hydrogens (primary N) is 1. The Balaban J connectivity index is 1.37. The van der Waals surface area contributed by atoms with Crippen LogP contribution in [-0.4, -0.2) is 39.0 Å². The summed E-state index contributed by atoms with van der Waals surface area (Å²) in [6.45, 7) is 0.420. The number of hydrogen-bond donors (Lipinski definition) is 4. The molecular weight excluding hydrogens is 478 g/mol. The van der Waals surface area contributed by atoms with Crippen LogP contribution in [0.5, 0.6) is 5.75 Å². The van der Waals surface area contributed by atoms with Crippen LogP contribution in [-0.2, 0) is 27.7 Å². The molecule has 0 radical (unpaired) electrons. The fourth-order valence-corrected chi connectivity index (χ4v) is 4.19. The van der Waals surface area contributed by atoms with E-state index in [9.17, 15) is 18.0 Å². The van der Waals surface area contributed by atoms with E-state index >= 15 is 0 Å². The number of urea groups is 1. The fourth-order valence-electron chi connectivity index (χ4n) is 2.94. The van der Waals surface area contributed by atoms with Crippen molar-refractivity contribution in [3.8, 4) is 5.75 Å². The van der Waals surface area contributed by atoms with Gasteiger partial charge in [-0.15, -0.1) is 11.3 Å². The van der Waals surface area contributed by atoms with Gasteiger partial charge in [0.1, 0.15) is 5.75 Å². The molecule has 3 rings (SSSR count). The molecule has 0 aliphatic carbocycles. The minimum absolute atomic E-state index is 0.0515. The molecule has 5 N–H and O–H groups in total. The van der Waals surface area contributed by atoms with Gasteiger partial charge in [0.15, 0.2) is 5.13 Å². The second-order valence-electron chi connectivity index (χ2n) is 7.24. The van der Waals surface area contributed by atoms with Gasteiger partial charge in [0.05, 0.1) is 17.7 Å². The summed E-state index contributed by atoms with van der Waals surface area (Å²) < 4.78 is 27.6. The number of sulfonamides is 1. The molecule has 0 spiro atoms. The summed E-state index contributed by atoms with van der Waals surface area (Å²) in [6.07, 6.45) is 1.25. The van der Waals surface area contributed by atoms with Crippen molar-refractivity contribution in [3.63, 3.8) is 0 Å². The number of anilines is 2. The Hall–Kier alpha value is -3.48. The van der Waals surface area contributed by atoms with Gasteiger partial charge in [-0.1, -0.05) is 12.1 Å². The van der Waals surface area contributed by atoms with Crippen LogP contribution in [0.15, 0.2) is 58.8 Å². The van der Waals surface area contributed by atoms with Gasteiger partial charge in [-0.05, 0) is 54.8 Å². The second-order valence-corrected chi connectivity index (χ2v) is 9.66. The average molecular weight is 504 g/mol. The van der Waals surface area contributed by atoms with Crippen LogP contribution in [0.2, 0.25) is 0 Å². The number of benzene rings is 2. The number of methoxy groups -OCH3 is 1. The number of rotatable bonds is 10. The number of ether oxygens (including phenoxy) is 1. The van der Waals surface area contributed by atoms with Gasteiger partial charge in [0.25, 0.3) is 0 Å². The summed E-state index contributed by atoms with van der Waals surface area (Å²) >= 11 is 1.28. The lowest BCUT2D eigenvalue weighted by Crippen LogP contribution is -2.26. The number of carbonyl (C=O) groups excluding carboxylic acids is 2. The quantitative estimate of drug-likeness (QED) is 0.334. The Morgan fingerprint density at radius 1 is 1.03 bits per heavy atom. The standard InChI is InChI=1S/C22H25N5O5S2/c1-32-18-7-4-16(5-8-18)25-21(29)27-22-26-17(14-33-22)6-11-20(28)24-13-12-15-2-9-19(10-3-15)34(23,30)31/h2-5,7-10,14H,6,11-13H2,1H3,(H,24,28)(H2,23,30,31)(H2,25,26,27,29). The molecule has 1 heterocycles. The van der Waals surface area contributed by atoms with Crippen LogP contribution >= 0.6 is 11.3 Å². The number of nitrogens with one attached hydrogen (secondary N) is 3. The van der Waals surface area contributed by atoms with Gasteiger partial charge >= 0.3 is 6.03 Å². The first-order valence-corrected chi connectivity index (χ1v) is 12.7. The summed E-state index contributed by atoms with van der Waals surface area (Å²) in [7, 11) is -2.15. The van der Waals surface area contributed by atoms with Crippen molar-refractivity contribution in [2.75, 3.05) is 24.3 Å². The second kappa shape index (κ2) is 11.6. The van der Waals surface area contributed by atoms with Crippen LogP contribution in [0.3, 0.4) is 0 Å². The smallest absolute Gasteiger partial charge is 0.325 e. The lowest BCUT2D eigenvalue weighted by molar-refractivity contribution is -0.121. The molecule has 0 aliphatic heterocycles. The molecule has 0 bridgehead atoms. The van der Waals surface area contributed by atoms with Crippen molar-refractivity contribution >= 4 is 44.1 Å². The Bertz CT molecular complexity index is 1230. The number of hydrogen-bond acceptors (Lipinski definition) is 7. The van der Waals surface area contributed by atoms with Crippen LogP contribution in [0.1, 0.15) is 17.7 Å². The molecule has 10 nitrogen and oxygen atoms in total. The third kappa shape index (κ3) is 7.83. The van der Waals surface area contributed by atoms with E-state index in [2.05, 4.69) is 20.9 Å². The predicted octanol–water partition coefficient (Wildman–Crippen LogP) is 2.73. The Morgan fingerprint density at radius 3 is 2.38 bits per heavy atom. The Kier molecular flexibility index (Phi) is 8.57. The van der Waals surface area contributed by atoms with Gasteiger partial charge in [0.2, 0.25) is 15.9 Å². The van der Waals surface area contributed by atoms with E-state index in [1.807, 2.05) is 0 Å². The molecular formula is C22H25N5O5S2. The van der Waals surface area contributed by atoms with E-state index in [-0.39, 0.29) is 17.2 Å². The maximum absolute atomic E-state index is 12.1. The summed E-state index contributed by atoms with van der Waals surface area (Å²) in [5, 5.41) is 15.5. The number of primary sulfonamides is 1. The van der Waals surface area contributed by atoms with Gasteiger partial charge in [-0.3, -0.25) is 10.1 Å². The van der Waals surface area contributed by atoms with Crippen LogP contribution < -0.4 is 25.8 Å². The molecule has 1 aromatic heterocycles. The normalized spacial score (nSPS) is 11.0. The molecule has 12 heteroatoms. The first kappa shape index (κ1) is 25.1. The van der Waals surface area contributed by atoms with Gasteiger partial charge < -0.3 is 15.4 Å². The summed E-state index contributed by atoms with van der Waals surface area (Å²) in [5.41, 5.74) is 2.21. The van der Waals surface area contributed by atoms with E-state index in [0.29, 0.717) is 41.6 Å². The van der Waals surface area contributed by atoms with Gasteiger partial charge in [-0.2, -0.15) is 0 Å². The highest BCUT2D eigenvalue weighted by atomic mass is 32.2. The lowest BCUT2D eigenvalue weighted by atomic mass is 10.1. The number of nitrogens with zero attached hydrogens (tertiary/aromatic N) is 1. The van der Waals surface area contributed by atoms with Crippen molar-refractivity contribution in [1.29, 1.82) is 0 Å². The average Bonchev–Trinajstić information content (AvgIpc) is 3.25.